The fourth-order valence-corrected chi connectivity index (χ4v) is 7.98. The summed E-state index contributed by atoms with van der Waals surface area (Å²) in [6.45, 7) is 0. The zero-order chi connectivity index (χ0) is 37.0. The van der Waals surface area contributed by atoms with E-state index in [-0.39, 0.29) is 0 Å². The van der Waals surface area contributed by atoms with Gasteiger partial charge in [-0.25, -0.2) is 19.9 Å². The Morgan fingerprint density at radius 3 is 1.30 bits per heavy atom. The highest BCUT2D eigenvalue weighted by molar-refractivity contribution is 6.10. The van der Waals surface area contributed by atoms with Crippen LogP contribution in [0.15, 0.2) is 188 Å². The fourth-order valence-electron chi connectivity index (χ4n) is 7.98. The molecular formula is C49H31N7. The van der Waals surface area contributed by atoms with E-state index in [2.05, 4.69) is 123 Å². The van der Waals surface area contributed by atoms with Crippen LogP contribution in [-0.2, 0) is 0 Å². The minimum atomic E-state index is 0.591. The number of hydrogen-bond acceptors (Lipinski definition) is 5. The molecule has 7 heteroatoms. The number of nitrogens with zero attached hydrogens (tertiary/aromatic N) is 7. The van der Waals surface area contributed by atoms with Crippen molar-refractivity contribution in [1.82, 2.24) is 34.1 Å². The molecule has 7 nitrogen and oxygen atoms in total. The molecule has 11 aromatic rings. The van der Waals surface area contributed by atoms with Crippen LogP contribution in [0.2, 0.25) is 0 Å². The van der Waals surface area contributed by atoms with Crippen molar-refractivity contribution in [2.24, 2.45) is 0 Å². The van der Waals surface area contributed by atoms with Crippen LogP contribution in [0.25, 0.3) is 101 Å². The second-order valence-corrected chi connectivity index (χ2v) is 13.8. The van der Waals surface area contributed by atoms with Crippen LogP contribution in [0.1, 0.15) is 0 Å². The summed E-state index contributed by atoms with van der Waals surface area (Å²) in [6.07, 6.45) is 3.79. The van der Waals surface area contributed by atoms with Crippen LogP contribution in [0.5, 0.6) is 0 Å². The molecule has 0 amide bonds. The quantitative estimate of drug-likeness (QED) is 0.171. The Bertz CT molecular complexity index is 2960. The van der Waals surface area contributed by atoms with Gasteiger partial charge in [-0.1, -0.05) is 140 Å². The lowest BCUT2D eigenvalue weighted by Crippen LogP contribution is -2.05. The predicted molar refractivity (Wildman–Crippen MR) is 226 cm³/mol. The van der Waals surface area contributed by atoms with E-state index in [0.717, 1.165) is 72.3 Å². The molecule has 0 aliphatic heterocycles. The first kappa shape index (κ1) is 31.7. The van der Waals surface area contributed by atoms with E-state index in [4.69, 9.17) is 19.9 Å². The third-order valence-corrected chi connectivity index (χ3v) is 10.5. The number of hydrogen-bond donors (Lipinski definition) is 0. The molecule has 6 aromatic carbocycles. The summed E-state index contributed by atoms with van der Waals surface area (Å²) in [6, 6.07) is 60.5. The van der Waals surface area contributed by atoms with Crippen LogP contribution < -0.4 is 0 Å². The van der Waals surface area contributed by atoms with Gasteiger partial charge in [0, 0.05) is 50.6 Å². The van der Waals surface area contributed by atoms with Crippen LogP contribution in [0.4, 0.5) is 0 Å². The van der Waals surface area contributed by atoms with Crippen molar-refractivity contribution in [3.05, 3.63) is 188 Å². The lowest BCUT2D eigenvalue weighted by atomic mass is 9.99. The molecule has 0 saturated carbocycles. The summed E-state index contributed by atoms with van der Waals surface area (Å²) >= 11 is 0. The van der Waals surface area contributed by atoms with Gasteiger partial charge in [0.05, 0.1) is 22.1 Å². The van der Waals surface area contributed by atoms with Gasteiger partial charge in [0.15, 0.2) is 17.5 Å². The average molecular weight is 718 g/mol. The third-order valence-electron chi connectivity index (χ3n) is 10.5. The van der Waals surface area contributed by atoms with E-state index in [0.29, 0.717) is 17.5 Å². The molecule has 262 valence electrons. The van der Waals surface area contributed by atoms with Gasteiger partial charge < -0.3 is 0 Å². The highest BCUT2D eigenvalue weighted by atomic mass is 15.1. The second kappa shape index (κ2) is 13.0. The summed E-state index contributed by atoms with van der Waals surface area (Å²) in [5.41, 5.74) is 8.95. The molecule has 0 aliphatic rings. The molecule has 0 atom stereocenters. The van der Waals surface area contributed by atoms with E-state index in [9.17, 15) is 0 Å². The number of aromatic nitrogens is 7. The van der Waals surface area contributed by atoms with Crippen LogP contribution >= 0.6 is 0 Å². The molecule has 5 aromatic heterocycles. The molecule has 0 aliphatic carbocycles. The molecule has 11 rings (SSSR count). The second-order valence-electron chi connectivity index (χ2n) is 13.8. The molecule has 0 radical (unpaired) electrons. The number of fused-ring (bicyclic) bond motifs is 6. The molecule has 0 bridgehead atoms. The molecule has 0 fully saturated rings. The number of pyridine rings is 2. The topological polar surface area (TPSA) is 74.3 Å². The summed E-state index contributed by atoms with van der Waals surface area (Å²) in [5, 5.41) is 4.54. The highest BCUT2D eigenvalue weighted by Gasteiger charge is 2.21. The minimum absolute atomic E-state index is 0.591. The summed E-state index contributed by atoms with van der Waals surface area (Å²) in [7, 11) is 0. The number of rotatable bonds is 6. The first-order valence-corrected chi connectivity index (χ1v) is 18.6. The maximum Gasteiger partial charge on any atom is 0.164 e. The molecule has 0 unspecified atom stereocenters. The summed E-state index contributed by atoms with van der Waals surface area (Å²) in [4.78, 5) is 25.3. The average Bonchev–Trinajstić information content (AvgIpc) is 3.80. The van der Waals surface area contributed by atoms with Gasteiger partial charge in [0.1, 0.15) is 11.6 Å². The fraction of sp³-hybridized carbons (Fsp3) is 0. The maximum absolute atomic E-state index is 5.52. The Balaban J connectivity index is 1.21. The molecule has 5 heterocycles. The molecular weight excluding hydrogens is 687 g/mol. The Morgan fingerprint density at radius 1 is 0.321 bits per heavy atom. The van der Waals surface area contributed by atoms with Crippen molar-refractivity contribution < 1.29 is 0 Å². The van der Waals surface area contributed by atoms with Gasteiger partial charge in [-0.3, -0.25) is 14.1 Å². The smallest absolute Gasteiger partial charge is 0.164 e. The van der Waals surface area contributed by atoms with Crippen molar-refractivity contribution in [2.75, 3.05) is 0 Å². The minimum Gasteiger partial charge on any atom is -0.294 e. The lowest BCUT2D eigenvalue weighted by Gasteiger charge is -2.16. The van der Waals surface area contributed by atoms with Gasteiger partial charge in [-0.15, -0.1) is 0 Å². The van der Waals surface area contributed by atoms with Crippen molar-refractivity contribution in [3.63, 3.8) is 0 Å². The normalized spacial score (nSPS) is 11.6. The lowest BCUT2D eigenvalue weighted by molar-refractivity contribution is 1.01. The Kier molecular flexibility index (Phi) is 7.35. The zero-order valence-electron chi connectivity index (χ0n) is 30.0. The van der Waals surface area contributed by atoms with Gasteiger partial charge in [-0.2, -0.15) is 0 Å². The van der Waals surface area contributed by atoms with E-state index in [1.165, 1.54) is 10.8 Å². The zero-order valence-corrected chi connectivity index (χ0v) is 30.0. The van der Waals surface area contributed by atoms with Crippen LogP contribution in [-0.4, -0.2) is 34.1 Å². The Labute approximate surface area is 321 Å². The molecule has 0 saturated heterocycles. The van der Waals surface area contributed by atoms with Crippen molar-refractivity contribution in [3.8, 4) is 56.9 Å². The van der Waals surface area contributed by atoms with Gasteiger partial charge >= 0.3 is 0 Å². The SMILES string of the molecule is c1ccc(-c2nc(-c3ccccc3)nc(-c3ccccc3-c3cc(-n4c5ccccc5c5ccccc54)nc(-n4c5ccccc5c5cnccc54)c3)n2)cc1. The Hall–Kier alpha value is -7.77. The van der Waals surface area contributed by atoms with E-state index in [1.807, 2.05) is 79.1 Å². The van der Waals surface area contributed by atoms with Crippen LogP contribution in [0.3, 0.4) is 0 Å². The Morgan fingerprint density at radius 2 is 0.750 bits per heavy atom. The molecule has 0 spiro atoms. The first-order chi connectivity index (χ1) is 27.8. The van der Waals surface area contributed by atoms with Crippen molar-refractivity contribution in [2.45, 2.75) is 0 Å². The molecule has 0 N–H and O–H groups in total. The van der Waals surface area contributed by atoms with E-state index >= 15 is 0 Å². The van der Waals surface area contributed by atoms with E-state index in [1.54, 1.807) is 0 Å². The number of benzene rings is 6. The monoisotopic (exact) mass is 717 g/mol. The van der Waals surface area contributed by atoms with Crippen molar-refractivity contribution >= 4 is 43.6 Å². The maximum atomic E-state index is 5.52. The van der Waals surface area contributed by atoms with Crippen molar-refractivity contribution in [1.29, 1.82) is 0 Å². The summed E-state index contributed by atoms with van der Waals surface area (Å²) in [5.74, 6) is 3.41. The van der Waals surface area contributed by atoms with Crippen LogP contribution in [0, 0.1) is 0 Å². The molecule has 56 heavy (non-hydrogen) atoms. The third kappa shape index (κ3) is 5.17. The van der Waals surface area contributed by atoms with Gasteiger partial charge in [-0.05, 0) is 47.5 Å². The van der Waals surface area contributed by atoms with E-state index < -0.39 is 0 Å². The highest BCUT2D eigenvalue weighted by Crippen LogP contribution is 2.38. The standard InChI is InChI=1S/C49H31N7/c1-3-15-32(16-4-1)47-52-48(33-17-5-2-6-18-33)54-49(53-47)39-23-8-7-19-35(39)34-29-45(55-41-24-12-9-20-36(41)37-21-10-13-25-42(37)55)51-46(30-34)56-43-26-14-11-22-38(43)40-31-50-28-27-44(40)56/h1-31H. The summed E-state index contributed by atoms with van der Waals surface area (Å²) < 4.78 is 4.53. The van der Waals surface area contributed by atoms with Gasteiger partial charge in [0.2, 0.25) is 0 Å². The predicted octanol–water partition coefficient (Wildman–Crippen LogP) is 11.5. The first-order valence-electron chi connectivity index (χ1n) is 18.6. The number of para-hydroxylation sites is 3. The van der Waals surface area contributed by atoms with Gasteiger partial charge in [0.25, 0.3) is 0 Å². The largest absolute Gasteiger partial charge is 0.294 e.